The third-order valence-electron chi connectivity index (χ3n) is 10.5. The molecule has 5 nitrogen and oxygen atoms in total. The molecule has 4 rings (SSSR count). The van der Waals surface area contributed by atoms with Crippen molar-refractivity contribution in [2.24, 2.45) is 46.3 Å². The molecule has 4 aliphatic carbocycles. The second-order valence-electron chi connectivity index (χ2n) is 11.7. The molecule has 4 saturated carbocycles. The maximum atomic E-state index is 11.6. The quantitative estimate of drug-likeness (QED) is 0.621. The Morgan fingerprint density at radius 2 is 1.70 bits per heavy atom. The molecule has 11 atom stereocenters. The molecular formula is C25H42O5. The van der Waals surface area contributed by atoms with E-state index in [0.717, 1.165) is 44.9 Å². The van der Waals surface area contributed by atoms with E-state index in [2.05, 4.69) is 20.8 Å². The van der Waals surface area contributed by atoms with Crippen molar-refractivity contribution in [1.82, 2.24) is 0 Å². The molecule has 0 heterocycles. The van der Waals surface area contributed by atoms with E-state index in [1.165, 1.54) is 6.42 Å². The summed E-state index contributed by atoms with van der Waals surface area (Å²) in [5.74, 6) is 1.68. The first-order chi connectivity index (χ1) is 14.1. The van der Waals surface area contributed by atoms with Crippen LogP contribution in [0.3, 0.4) is 0 Å². The number of hydrogen-bond acceptors (Lipinski definition) is 4. The van der Waals surface area contributed by atoms with Crippen LogP contribution < -0.4 is 0 Å². The SMILES string of the molecule is CO[C@H]1C(O)C2C3CC[C@H]([C@H](C)CCC(=O)O)[C@@]3(C)CCC2[C@@]2(C)CC[C@@H](O)C[C@@H]12. The lowest BCUT2D eigenvalue weighted by molar-refractivity contribution is -0.230. The van der Waals surface area contributed by atoms with Gasteiger partial charge < -0.3 is 20.1 Å². The summed E-state index contributed by atoms with van der Waals surface area (Å²) in [4.78, 5) is 11.1. The summed E-state index contributed by atoms with van der Waals surface area (Å²) in [6.45, 7) is 7.07. The van der Waals surface area contributed by atoms with E-state index in [9.17, 15) is 15.0 Å². The molecule has 5 heteroatoms. The molecule has 30 heavy (non-hydrogen) atoms. The minimum absolute atomic E-state index is 0.123. The molecule has 172 valence electrons. The lowest BCUT2D eigenvalue weighted by Gasteiger charge is -2.64. The average molecular weight is 423 g/mol. The van der Waals surface area contributed by atoms with Crippen LogP contribution in [-0.4, -0.2) is 46.7 Å². The maximum absolute atomic E-state index is 11.6. The Bertz CT molecular complexity index is 651. The van der Waals surface area contributed by atoms with E-state index < -0.39 is 12.1 Å². The van der Waals surface area contributed by atoms with Gasteiger partial charge in [0.25, 0.3) is 0 Å². The second-order valence-corrected chi connectivity index (χ2v) is 11.7. The van der Waals surface area contributed by atoms with Crippen LogP contribution in [0.4, 0.5) is 0 Å². The van der Waals surface area contributed by atoms with Gasteiger partial charge in [-0.3, -0.25) is 4.79 Å². The van der Waals surface area contributed by atoms with Gasteiger partial charge in [-0.15, -0.1) is 0 Å². The monoisotopic (exact) mass is 422 g/mol. The Labute approximate surface area is 181 Å². The van der Waals surface area contributed by atoms with Gasteiger partial charge in [0.05, 0.1) is 18.3 Å². The van der Waals surface area contributed by atoms with Crippen molar-refractivity contribution in [2.75, 3.05) is 7.11 Å². The number of aliphatic hydroxyl groups is 2. The number of methoxy groups -OCH3 is 1. The van der Waals surface area contributed by atoms with Gasteiger partial charge in [0.2, 0.25) is 0 Å². The number of carboxylic acid groups (broad SMARTS) is 1. The van der Waals surface area contributed by atoms with Crippen LogP contribution in [-0.2, 0) is 9.53 Å². The van der Waals surface area contributed by atoms with E-state index in [-0.39, 0.29) is 41.3 Å². The summed E-state index contributed by atoms with van der Waals surface area (Å²) < 4.78 is 5.93. The fraction of sp³-hybridized carbons (Fsp3) is 0.960. The molecule has 0 amide bonds. The van der Waals surface area contributed by atoms with Gasteiger partial charge in [-0.25, -0.2) is 0 Å². The fourth-order valence-electron chi connectivity index (χ4n) is 9.04. The number of aliphatic carboxylic acids is 1. The van der Waals surface area contributed by atoms with Crippen molar-refractivity contribution in [3.8, 4) is 0 Å². The summed E-state index contributed by atoms with van der Waals surface area (Å²) in [5, 5.41) is 31.1. The Balaban J connectivity index is 1.61. The van der Waals surface area contributed by atoms with Gasteiger partial charge in [-0.05, 0) is 97.7 Å². The molecule has 0 aliphatic heterocycles. The fourth-order valence-corrected chi connectivity index (χ4v) is 9.04. The van der Waals surface area contributed by atoms with E-state index in [1.54, 1.807) is 7.11 Å². The third-order valence-corrected chi connectivity index (χ3v) is 10.5. The Morgan fingerprint density at radius 1 is 1.03 bits per heavy atom. The van der Waals surface area contributed by atoms with Crippen LogP contribution in [0.15, 0.2) is 0 Å². The number of aliphatic hydroxyl groups excluding tert-OH is 2. The largest absolute Gasteiger partial charge is 0.481 e. The summed E-state index contributed by atoms with van der Waals surface area (Å²) in [5.41, 5.74) is 0.299. The predicted molar refractivity (Wildman–Crippen MR) is 115 cm³/mol. The zero-order valence-electron chi connectivity index (χ0n) is 19.2. The van der Waals surface area contributed by atoms with Gasteiger partial charge >= 0.3 is 5.97 Å². The van der Waals surface area contributed by atoms with Crippen LogP contribution in [0, 0.1) is 46.3 Å². The molecular weight excluding hydrogens is 380 g/mol. The van der Waals surface area contributed by atoms with Crippen molar-refractivity contribution in [1.29, 1.82) is 0 Å². The van der Waals surface area contributed by atoms with Crippen LogP contribution in [0.25, 0.3) is 0 Å². The van der Waals surface area contributed by atoms with Crippen LogP contribution in [0.1, 0.15) is 78.6 Å². The topological polar surface area (TPSA) is 87.0 Å². The summed E-state index contributed by atoms with van der Waals surface area (Å²) in [7, 11) is 1.73. The highest BCUT2D eigenvalue weighted by Crippen LogP contribution is 2.68. The van der Waals surface area contributed by atoms with Crippen molar-refractivity contribution in [3.05, 3.63) is 0 Å². The van der Waals surface area contributed by atoms with Crippen LogP contribution in [0.5, 0.6) is 0 Å². The number of ether oxygens (including phenoxy) is 1. The second kappa shape index (κ2) is 8.04. The highest BCUT2D eigenvalue weighted by Gasteiger charge is 2.65. The molecule has 0 aromatic rings. The lowest BCUT2D eigenvalue weighted by atomic mass is 9.43. The van der Waals surface area contributed by atoms with Crippen molar-refractivity contribution >= 4 is 5.97 Å². The smallest absolute Gasteiger partial charge is 0.303 e. The summed E-state index contributed by atoms with van der Waals surface area (Å²) >= 11 is 0. The number of hydrogen-bond donors (Lipinski definition) is 3. The Hall–Kier alpha value is -0.650. The van der Waals surface area contributed by atoms with Gasteiger partial charge in [-0.1, -0.05) is 20.8 Å². The first-order valence-corrected chi connectivity index (χ1v) is 12.2. The first kappa shape index (κ1) is 22.5. The number of carboxylic acids is 1. The highest BCUT2D eigenvalue weighted by molar-refractivity contribution is 5.66. The summed E-state index contributed by atoms with van der Waals surface area (Å²) in [6, 6.07) is 0. The molecule has 0 aromatic carbocycles. The van der Waals surface area contributed by atoms with Gasteiger partial charge in [0.1, 0.15) is 0 Å². The molecule has 4 fully saturated rings. The molecule has 0 aromatic heterocycles. The van der Waals surface area contributed by atoms with Gasteiger partial charge in [0.15, 0.2) is 0 Å². The molecule has 0 radical (unpaired) electrons. The average Bonchev–Trinajstić information content (AvgIpc) is 3.05. The zero-order chi connectivity index (χ0) is 21.8. The normalized spacial score (nSPS) is 51.5. The molecule has 4 aliphatic rings. The zero-order valence-corrected chi connectivity index (χ0v) is 19.2. The maximum Gasteiger partial charge on any atom is 0.303 e. The lowest BCUT2D eigenvalue weighted by Crippen LogP contribution is -2.64. The number of rotatable bonds is 5. The molecule has 0 bridgehead atoms. The van der Waals surface area contributed by atoms with Crippen molar-refractivity contribution < 1.29 is 24.9 Å². The molecule has 0 spiro atoms. The van der Waals surface area contributed by atoms with Crippen LogP contribution >= 0.6 is 0 Å². The Kier molecular flexibility index (Phi) is 6.04. The van der Waals surface area contributed by atoms with Crippen LogP contribution in [0.2, 0.25) is 0 Å². The van der Waals surface area contributed by atoms with Gasteiger partial charge in [-0.2, -0.15) is 0 Å². The number of carbonyl (C=O) groups is 1. The Morgan fingerprint density at radius 3 is 2.37 bits per heavy atom. The highest BCUT2D eigenvalue weighted by atomic mass is 16.5. The van der Waals surface area contributed by atoms with Gasteiger partial charge in [0, 0.05) is 13.5 Å². The molecule has 0 saturated heterocycles. The standard InChI is InChI=1S/C25H42O5/c1-14(5-8-20(27)28)16-6-7-17-21-18(10-12-24(16,17)2)25(3)11-9-15(26)13-19(25)23(30-4)22(21)29/h14-19,21-23,26,29H,5-13H2,1-4H3,(H,27,28)/t14-,15-,16-,17?,18?,19+,21?,22?,23-,24-,25-/m1/s1. The van der Waals surface area contributed by atoms with Crippen molar-refractivity contribution in [2.45, 2.75) is 96.9 Å². The van der Waals surface area contributed by atoms with Crippen molar-refractivity contribution in [3.63, 3.8) is 0 Å². The minimum Gasteiger partial charge on any atom is -0.481 e. The first-order valence-electron chi connectivity index (χ1n) is 12.2. The number of fused-ring (bicyclic) bond motifs is 5. The molecule has 4 unspecified atom stereocenters. The summed E-state index contributed by atoms with van der Waals surface area (Å²) in [6.07, 6.45) is 7.28. The van der Waals surface area contributed by atoms with E-state index in [4.69, 9.17) is 9.84 Å². The minimum atomic E-state index is -0.700. The third kappa shape index (κ3) is 3.34. The molecule has 3 N–H and O–H groups in total. The van der Waals surface area contributed by atoms with E-state index in [0.29, 0.717) is 23.7 Å². The van der Waals surface area contributed by atoms with E-state index in [1.807, 2.05) is 0 Å². The van der Waals surface area contributed by atoms with E-state index >= 15 is 0 Å². The predicted octanol–water partition coefficient (Wildman–Crippen LogP) is 4.10.